The minimum atomic E-state index is -1.57. The van der Waals surface area contributed by atoms with Crippen molar-refractivity contribution in [1.82, 2.24) is 15.4 Å². The third-order valence-corrected chi connectivity index (χ3v) is 4.27. The number of carbonyl (C=O) groups is 1. The van der Waals surface area contributed by atoms with E-state index in [1.54, 1.807) is 12.3 Å². The molecule has 0 bridgehead atoms. The number of likely N-dealkylation sites (tertiary alicyclic amines) is 1. The molecule has 2 aliphatic rings. The Balaban J connectivity index is 1.73. The lowest BCUT2D eigenvalue weighted by Crippen LogP contribution is -2.63. The fourth-order valence-corrected chi connectivity index (χ4v) is 2.98. The summed E-state index contributed by atoms with van der Waals surface area (Å²) in [6.07, 6.45) is 3.43. The Kier molecular flexibility index (Phi) is 3.62. The Hall–Kier alpha value is -1.64. The van der Waals surface area contributed by atoms with E-state index < -0.39 is 23.5 Å². The highest BCUT2D eigenvalue weighted by atomic mass is 32.1. The van der Waals surface area contributed by atoms with Crippen molar-refractivity contribution in [2.45, 2.75) is 44.6 Å². The van der Waals surface area contributed by atoms with Crippen molar-refractivity contribution < 1.29 is 19.5 Å². The van der Waals surface area contributed by atoms with E-state index in [0.29, 0.717) is 18.7 Å². The Morgan fingerprint density at radius 3 is 2.95 bits per heavy atom. The van der Waals surface area contributed by atoms with E-state index in [9.17, 15) is 9.90 Å². The van der Waals surface area contributed by atoms with Gasteiger partial charge in [-0.05, 0) is 27.2 Å². The number of rotatable bonds is 2. The number of nitrogens with zero attached hydrogens (tertiary/aromatic N) is 2. The molecule has 8 heteroatoms. The topological polar surface area (TPSA) is 83.9 Å². The van der Waals surface area contributed by atoms with Gasteiger partial charge >= 0.3 is 6.09 Å². The first kappa shape index (κ1) is 15.3. The van der Waals surface area contributed by atoms with Crippen molar-refractivity contribution in [3.8, 4) is 0 Å². The number of aliphatic hydroxyl groups is 1. The van der Waals surface area contributed by atoms with Gasteiger partial charge in [0, 0.05) is 24.2 Å². The zero-order chi connectivity index (χ0) is 16.0. The summed E-state index contributed by atoms with van der Waals surface area (Å²) >= 11 is 1.43. The van der Waals surface area contributed by atoms with Crippen LogP contribution in [0.4, 0.5) is 4.79 Å². The summed E-state index contributed by atoms with van der Waals surface area (Å²) in [6.45, 7) is 5.96. The minimum absolute atomic E-state index is 0.447. The molecule has 7 nitrogen and oxygen atoms in total. The van der Waals surface area contributed by atoms with E-state index in [2.05, 4.69) is 10.5 Å². The molecule has 120 valence electrons. The SMILES string of the molecule is CC(C)(C)OC(=O)N1CCC1[C@]1(O)C=C(c2nccs2)NO1. The summed E-state index contributed by atoms with van der Waals surface area (Å²) in [6, 6.07) is -0.479. The molecule has 2 atom stereocenters. The molecule has 1 aromatic rings. The van der Waals surface area contributed by atoms with E-state index in [4.69, 9.17) is 9.57 Å². The van der Waals surface area contributed by atoms with Crippen molar-refractivity contribution in [1.29, 1.82) is 0 Å². The normalized spacial score (nSPS) is 27.9. The highest BCUT2D eigenvalue weighted by molar-refractivity contribution is 7.10. The van der Waals surface area contributed by atoms with Crippen LogP contribution in [0.1, 0.15) is 32.2 Å². The van der Waals surface area contributed by atoms with Crippen LogP contribution in [0.3, 0.4) is 0 Å². The molecule has 2 aliphatic heterocycles. The maximum Gasteiger partial charge on any atom is 0.410 e. The molecule has 0 spiro atoms. The first-order valence-electron chi connectivity index (χ1n) is 7.07. The van der Waals surface area contributed by atoms with Crippen molar-refractivity contribution in [2.75, 3.05) is 6.54 Å². The maximum absolute atomic E-state index is 12.1. The highest BCUT2D eigenvalue weighted by Gasteiger charge is 2.51. The molecule has 0 radical (unpaired) electrons. The van der Waals surface area contributed by atoms with Gasteiger partial charge < -0.3 is 9.84 Å². The fourth-order valence-electron chi connectivity index (χ4n) is 2.39. The second-order valence-corrected chi connectivity index (χ2v) is 7.22. The van der Waals surface area contributed by atoms with Crippen LogP contribution < -0.4 is 5.48 Å². The zero-order valence-corrected chi connectivity index (χ0v) is 13.5. The van der Waals surface area contributed by atoms with E-state index in [1.807, 2.05) is 26.2 Å². The van der Waals surface area contributed by atoms with Gasteiger partial charge in [-0.15, -0.1) is 11.3 Å². The molecule has 0 saturated carbocycles. The lowest BCUT2D eigenvalue weighted by atomic mass is 9.94. The molecular formula is C14H19N3O4S. The second-order valence-electron chi connectivity index (χ2n) is 6.33. The van der Waals surface area contributed by atoms with Crippen LogP contribution in [0.2, 0.25) is 0 Å². The molecule has 22 heavy (non-hydrogen) atoms. The maximum atomic E-state index is 12.1. The Morgan fingerprint density at radius 2 is 2.41 bits per heavy atom. The summed E-state index contributed by atoms with van der Waals surface area (Å²) in [5.41, 5.74) is 2.72. The van der Waals surface area contributed by atoms with Gasteiger partial charge in [0.15, 0.2) is 0 Å². The van der Waals surface area contributed by atoms with Crippen LogP contribution in [0, 0.1) is 0 Å². The first-order chi connectivity index (χ1) is 10.3. The number of hydroxylamine groups is 1. The predicted molar refractivity (Wildman–Crippen MR) is 80.6 cm³/mol. The number of hydrogen-bond acceptors (Lipinski definition) is 7. The fraction of sp³-hybridized carbons (Fsp3) is 0.571. The number of carbonyl (C=O) groups excluding carboxylic acids is 1. The van der Waals surface area contributed by atoms with Crippen LogP contribution in [0.15, 0.2) is 17.7 Å². The van der Waals surface area contributed by atoms with Crippen molar-refractivity contribution in [3.63, 3.8) is 0 Å². The Labute approximate surface area is 132 Å². The number of hydrogen-bond donors (Lipinski definition) is 2. The van der Waals surface area contributed by atoms with Gasteiger partial charge in [0.25, 0.3) is 0 Å². The van der Waals surface area contributed by atoms with E-state index >= 15 is 0 Å². The van der Waals surface area contributed by atoms with Crippen LogP contribution in [0.5, 0.6) is 0 Å². The molecule has 2 N–H and O–H groups in total. The molecule has 1 aromatic heterocycles. The monoisotopic (exact) mass is 325 g/mol. The number of thiazole rings is 1. The van der Waals surface area contributed by atoms with Crippen molar-refractivity contribution in [2.24, 2.45) is 0 Å². The number of amides is 1. The average molecular weight is 325 g/mol. The zero-order valence-electron chi connectivity index (χ0n) is 12.7. The molecule has 1 saturated heterocycles. The third-order valence-electron chi connectivity index (χ3n) is 3.46. The van der Waals surface area contributed by atoms with E-state index in [1.165, 1.54) is 16.2 Å². The van der Waals surface area contributed by atoms with E-state index in [-0.39, 0.29) is 0 Å². The molecule has 0 aromatic carbocycles. The summed E-state index contributed by atoms with van der Waals surface area (Å²) in [4.78, 5) is 23.1. The lowest BCUT2D eigenvalue weighted by Gasteiger charge is -2.46. The smallest absolute Gasteiger partial charge is 0.410 e. The summed E-state index contributed by atoms with van der Waals surface area (Å²) < 4.78 is 5.34. The van der Waals surface area contributed by atoms with E-state index in [0.717, 1.165) is 5.01 Å². The van der Waals surface area contributed by atoms with Crippen LogP contribution >= 0.6 is 11.3 Å². The molecule has 0 aliphatic carbocycles. The highest BCUT2D eigenvalue weighted by Crippen LogP contribution is 2.36. The molecule has 1 unspecified atom stereocenters. The minimum Gasteiger partial charge on any atom is -0.444 e. The quantitative estimate of drug-likeness (QED) is 0.861. The third kappa shape index (κ3) is 2.81. The molecule has 3 rings (SSSR count). The summed E-state index contributed by atoms with van der Waals surface area (Å²) in [5, 5.41) is 13.2. The second kappa shape index (κ2) is 5.22. The number of aromatic nitrogens is 1. The molecule has 1 fully saturated rings. The number of ether oxygens (including phenoxy) is 1. The molecular weight excluding hydrogens is 306 g/mol. The van der Waals surface area contributed by atoms with Gasteiger partial charge in [0.2, 0.25) is 5.79 Å². The van der Waals surface area contributed by atoms with Gasteiger partial charge in [-0.25, -0.2) is 14.6 Å². The van der Waals surface area contributed by atoms with Gasteiger partial charge in [-0.3, -0.25) is 10.4 Å². The van der Waals surface area contributed by atoms with Crippen LogP contribution in [-0.2, 0) is 9.57 Å². The van der Waals surface area contributed by atoms with Crippen molar-refractivity contribution >= 4 is 23.1 Å². The average Bonchev–Trinajstić information content (AvgIpc) is 2.93. The van der Waals surface area contributed by atoms with Crippen molar-refractivity contribution in [3.05, 3.63) is 22.7 Å². The first-order valence-corrected chi connectivity index (χ1v) is 7.95. The van der Waals surface area contributed by atoms with Gasteiger partial charge in [-0.2, -0.15) is 0 Å². The van der Waals surface area contributed by atoms with Gasteiger partial charge in [0.1, 0.15) is 10.6 Å². The Morgan fingerprint density at radius 1 is 1.64 bits per heavy atom. The lowest BCUT2D eigenvalue weighted by molar-refractivity contribution is -0.232. The van der Waals surface area contributed by atoms with Crippen LogP contribution in [0.25, 0.3) is 5.70 Å². The largest absolute Gasteiger partial charge is 0.444 e. The summed E-state index contributed by atoms with van der Waals surface area (Å²) in [5.74, 6) is -1.57. The Bertz CT molecular complexity index is 596. The summed E-state index contributed by atoms with van der Waals surface area (Å²) in [7, 11) is 0. The van der Waals surface area contributed by atoms with Gasteiger partial charge in [0.05, 0.1) is 11.7 Å². The predicted octanol–water partition coefficient (Wildman–Crippen LogP) is 1.72. The van der Waals surface area contributed by atoms with Gasteiger partial charge in [-0.1, -0.05) is 0 Å². The molecule has 1 amide bonds. The standard InChI is InChI=1S/C14H19N3O4S/c1-13(2,3)20-12(18)17-6-4-10(17)14(19)8-9(16-21-14)11-15-5-7-22-11/h5,7-8,10,16,19H,4,6H2,1-3H3/t10?,14-/m0/s1. The molecule has 3 heterocycles. The van der Waals surface area contributed by atoms with Crippen LogP contribution in [-0.4, -0.2) is 45.1 Å². The number of nitrogens with one attached hydrogen (secondary N) is 1.